The first-order valence-corrected chi connectivity index (χ1v) is 11.2. The Morgan fingerprint density at radius 1 is 1.06 bits per heavy atom. The van der Waals surface area contributed by atoms with E-state index in [-0.39, 0.29) is 29.0 Å². The van der Waals surface area contributed by atoms with Crippen LogP contribution in [0.4, 0.5) is 33.6 Å². The van der Waals surface area contributed by atoms with E-state index in [2.05, 4.69) is 25.0 Å². The van der Waals surface area contributed by atoms with E-state index in [1.165, 1.54) is 17.2 Å². The van der Waals surface area contributed by atoms with E-state index < -0.39 is 24.7 Å². The van der Waals surface area contributed by atoms with Crippen molar-refractivity contribution < 1.29 is 26.7 Å². The van der Waals surface area contributed by atoms with E-state index in [9.17, 15) is 26.7 Å². The van der Waals surface area contributed by atoms with Gasteiger partial charge in [0.2, 0.25) is 5.91 Å². The Labute approximate surface area is 195 Å². The van der Waals surface area contributed by atoms with Gasteiger partial charge in [0.25, 0.3) is 6.43 Å². The van der Waals surface area contributed by atoms with Gasteiger partial charge in [0, 0.05) is 37.7 Å². The molecule has 1 spiro atoms. The third kappa shape index (κ3) is 3.50. The summed E-state index contributed by atoms with van der Waals surface area (Å²) < 4.78 is 65.5. The number of hydrogen-bond donors (Lipinski definition) is 0. The van der Waals surface area contributed by atoms with Crippen LogP contribution < -0.4 is 9.80 Å². The Morgan fingerprint density at radius 3 is 2.49 bits per heavy atom. The topological polar surface area (TPSA) is 80.0 Å². The third-order valence-electron chi connectivity index (χ3n) is 7.63. The first-order valence-electron chi connectivity index (χ1n) is 11.2. The van der Waals surface area contributed by atoms with Crippen LogP contribution in [0.5, 0.6) is 0 Å². The van der Waals surface area contributed by atoms with Crippen LogP contribution in [-0.4, -0.2) is 56.7 Å². The monoisotopic (exact) mass is 493 g/mol. The molecule has 6 heterocycles. The summed E-state index contributed by atoms with van der Waals surface area (Å²) in [5.41, 5.74) is -0.374. The lowest BCUT2D eigenvalue weighted by Crippen LogP contribution is -2.63. The molecule has 1 aliphatic carbocycles. The van der Waals surface area contributed by atoms with Gasteiger partial charge in [-0.3, -0.25) is 9.69 Å². The van der Waals surface area contributed by atoms with Crippen molar-refractivity contribution in [3.63, 3.8) is 0 Å². The molecular weight excluding hydrogens is 473 g/mol. The van der Waals surface area contributed by atoms with E-state index in [0.29, 0.717) is 43.0 Å². The van der Waals surface area contributed by atoms with Crippen LogP contribution >= 0.6 is 0 Å². The maximum atomic E-state index is 12.9. The van der Waals surface area contributed by atoms with Gasteiger partial charge in [0.05, 0.1) is 18.0 Å². The van der Waals surface area contributed by atoms with Gasteiger partial charge in [0.1, 0.15) is 23.7 Å². The van der Waals surface area contributed by atoms with Crippen molar-refractivity contribution in [2.75, 3.05) is 29.4 Å². The molecule has 0 N–H and O–H groups in total. The van der Waals surface area contributed by atoms with Crippen molar-refractivity contribution in [2.24, 2.45) is 17.3 Å². The Kier molecular flexibility index (Phi) is 4.77. The van der Waals surface area contributed by atoms with Crippen LogP contribution in [0.25, 0.3) is 11.2 Å². The number of piperidine rings is 2. The number of anilines is 2. The summed E-state index contributed by atoms with van der Waals surface area (Å²) in [4.78, 5) is 29.2. The summed E-state index contributed by atoms with van der Waals surface area (Å²) in [6, 6.07) is 2.19. The number of halogens is 5. The second kappa shape index (κ2) is 7.56. The number of rotatable bonds is 4. The lowest BCUT2D eigenvalue weighted by atomic mass is 9.50. The quantitative estimate of drug-likeness (QED) is 0.519. The maximum Gasteiger partial charge on any atom is 0.417 e. The number of carbonyl (C=O) groups excluding carboxylic acids is 1. The molecule has 3 aromatic heterocycles. The summed E-state index contributed by atoms with van der Waals surface area (Å²) in [5, 5.41) is 3.95. The average Bonchev–Trinajstić information content (AvgIpc) is 3.40. The Hall–Kier alpha value is -3.38. The zero-order chi connectivity index (χ0) is 24.5. The zero-order valence-electron chi connectivity index (χ0n) is 18.3. The highest BCUT2D eigenvalue weighted by atomic mass is 19.4. The van der Waals surface area contributed by atoms with E-state index in [0.717, 1.165) is 23.4 Å². The number of fused-ring (bicyclic) bond motifs is 3. The molecule has 2 atom stereocenters. The standard InChI is InChI=1S/C22H20F5N7O/c23-16(24)10-34-20-15(6-30-34)28-7-18(31-20)32-8-13-3-14(9-32)21(13)4-19(35)33(11-21)17-2-1-12(5-29-17)22(25,26)27/h1-2,5-7,13-14,16H,3-4,8-11H2. The van der Waals surface area contributed by atoms with Crippen LogP contribution in [0.1, 0.15) is 18.4 Å². The SMILES string of the molecule is O=C1CC2(CN1c1ccc(C(F)(F)F)cn1)C1CC2CN(c2cnc3cnn(CC(F)F)c3n2)C1. The molecule has 1 saturated carbocycles. The number of alkyl halides is 5. The zero-order valence-corrected chi connectivity index (χ0v) is 18.3. The first-order chi connectivity index (χ1) is 16.6. The molecule has 7 rings (SSSR count). The Morgan fingerprint density at radius 2 is 1.83 bits per heavy atom. The second-order valence-corrected chi connectivity index (χ2v) is 9.48. The molecule has 3 aliphatic heterocycles. The van der Waals surface area contributed by atoms with E-state index in [1.807, 2.05) is 0 Å². The van der Waals surface area contributed by atoms with Crippen LogP contribution in [0.3, 0.4) is 0 Å². The Balaban J connectivity index is 1.20. The number of pyridine rings is 1. The average molecular weight is 493 g/mol. The molecule has 3 saturated heterocycles. The largest absolute Gasteiger partial charge is 0.417 e. The van der Waals surface area contributed by atoms with Gasteiger partial charge in [-0.05, 0) is 30.4 Å². The molecule has 3 aromatic rings. The normalized spacial score (nSPS) is 26.3. The van der Waals surface area contributed by atoms with Crippen LogP contribution in [0.2, 0.25) is 0 Å². The molecule has 4 aliphatic rings. The minimum absolute atomic E-state index is 0.141. The van der Waals surface area contributed by atoms with Crippen molar-refractivity contribution >= 4 is 28.7 Å². The van der Waals surface area contributed by atoms with Crippen molar-refractivity contribution in [1.82, 2.24) is 24.7 Å². The van der Waals surface area contributed by atoms with Crippen molar-refractivity contribution in [1.29, 1.82) is 0 Å². The lowest BCUT2D eigenvalue weighted by Gasteiger charge is -2.60. The van der Waals surface area contributed by atoms with Gasteiger partial charge in [-0.1, -0.05) is 0 Å². The molecule has 2 bridgehead atoms. The highest BCUT2D eigenvalue weighted by molar-refractivity contribution is 5.96. The van der Waals surface area contributed by atoms with Crippen molar-refractivity contribution in [3.05, 3.63) is 36.3 Å². The molecule has 1 amide bonds. The predicted molar refractivity (Wildman–Crippen MR) is 114 cm³/mol. The minimum Gasteiger partial charge on any atom is -0.355 e. The molecule has 184 valence electrons. The van der Waals surface area contributed by atoms with Crippen molar-refractivity contribution in [3.8, 4) is 0 Å². The third-order valence-corrected chi connectivity index (χ3v) is 7.63. The minimum atomic E-state index is -4.49. The van der Waals surface area contributed by atoms with Gasteiger partial charge in [-0.25, -0.2) is 28.4 Å². The van der Waals surface area contributed by atoms with Crippen LogP contribution in [-0.2, 0) is 17.5 Å². The number of aromatic nitrogens is 5. The molecule has 13 heteroatoms. The molecule has 0 radical (unpaired) electrons. The fourth-order valence-corrected chi connectivity index (χ4v) is 5.83. The van der Waals surface area contributed by atoms with Gasteiger partial charge in [-0.2, -0.15) is 18.3 Å². The molecule has 2 unspecified atom stereocenters. The molecule has 4 fully saturated rings. The lowest BCUT2D eigenvalue weighted by molar-refractivity contribution is -0.137. The van der Waals surface area contributed by atoms with Crippen LogP contribution in [0.15, 0.2) is 30.7 Å². The van der Waals surface area contributed by atoms with Crippen LogP contribution in [0, 0.1) is 17.3 Å². The Bertz CT molecular complexity index is 1280. The van der Waals surface area contributed by atoms with Gasteiger partial charge >= 0.3 is 6.18 Å². The highest BCUT2D eigenvalue weighted by Crippen LogP contribution is 2.60. The number of amides is 1. The van der Waals surface area contributed by atoms with Gasteiger partial charge < -0.3 is 4.90 Å². The molecule has 8 nitrogen and oxygen atoms in total. The smallest absolute Gasteiger partial charge is 0.355 e. The van der Waals surface area contributed by atoms with Crippen molar-refractivity contribution in [2.45, 2.75) is 32.0 Å². The first kappa shape index (κ1) is 22.1. The summed E-state index contributed by atoms with van der Waals surface area (Å²) in [6.45, 7) is 1.10. The van der Waals surface area contributed by atoms with E-state index >= 15 is 0 Å². The van der Waals surface area contributed by atoms with Gasteiger partial charge in [-0.15, -0.1) is 0 Å². The molecule has 35 heavy (non-hydrogen) atoms. The number of nitrogens with zero attached hydrogens (tertiary/aromatic N) is 7. The molecular formula is C22H20F5N7O. The molecule has 0 aromatic carbocycles. The summed E-state index contributed by atoms with van der Waals surface area (Å²) in [5.74, 6) is 1.03. The maximum absolute atomic E-state index is 12.9. The van der Waals surface area contributed by atoms with Gasteiger partial charge in [0.15, 0.2) is 5.65 Å². The number of carbonyl (C=O) groups is 1. The summed E-state index contributed by atoms with van der Waals surface area (Å²) in [6.07, 6.45) is -2.02. The fourth-order valence-electron chi connectivity index (χ4n) is 5.83. The highest BCUT2D eigenvalue weighted by Gasteiger charge is 2.63. The summed E-state index contributed by atoms with van der Waals surface area (Å²) >= 11 is 0. The second-order valence-electron chi connectivity index (χ2n) is 9.48. The van der Waals surface area contributed by atoms with E-state index in [1.54, 1.807) is 6.20 Å². The fraction of sp³-hybridized carbons (Fsp3) is 0.500. The predicted octanol–water partition coefficient (Wildman–Crippen LogP) is 3.38. The summed E-state index contributed by atoms with van der Waals surface area (Å²) in [7, 11) is 0. The van der Waals surface area contributed by atoms with E-state index in [4.69, 9.17) is 0 Å². The number of hydrogen-bond acceptors (Lipinski definition) is 6.